The Labute approximate surface area is 121 Å². The van der Waals surface area contributed by atoms with E-state index in [0.29, 0.717) is 5.56 Å². The smallest absolute Gasteiger partial charge is 0.255 e. The molecule has 0 heterocycles. The highest BCUT2D eigenvalue weighted by Crippen LogP contribution is 2.21. The van der Waals surface area contributed by atoms with E-state index in [1.165, 1.54) is 24.3 Å². The largest absolute Gasteiger partial charge is 0.507 e. The molecule has 0 bridgehead atoms. The molecular formula is C16H16FNO3. The fraction of sp³-hybridized carbons (Fsp3) is 0.188. The maximum absolute atomic E-state index is 13.5. The number of halogens is 1. The molecule has 0 fully saturated rings. The van der Waals surface area contributed by atoms with Gasteiger partial charge in [0.25, 0.3) is 5.91 Å². The van der Waals surface area contributed by atoms with Crippen LogP contribution >= 0.6 is 0 Å². The molecule has 0 aliphatic carbocycles. The van der Waals surface area contributed by atoms with Gasteiger partial charge in [0.15, 0.2) is 0 Å². The summed E-state index contributed by atoms with van der Waals surface area (Å²) in [6, 6.07) is 10.6. The van der Waals surface area contributed by atoms with Gasteiger partial charge in [-0.15, -0.1) is 0 Å². The first kappa shape index (κ1) is 15.0. The quantitative estimate of drug-likeness (QED) is 0.809. The van der Waals surface area contributed by atoms with Gasteiger partial charge in [-0.25, -0.2) is 4.39 Å². The summed E-state index contributed by atoms with van der Waals surface area (Å²) in [6.07, 6.45) is -1.15. The lowest BCUT2D eigenvalue weighted by atomic mass is 10.1. The van der Waals surface area contributed by atoms with Crippen LogP contribution in [0.3, 0.4) is 0 Å². The van der Waals surface area contributed by atoms with E-state index in [4.69, 9.17) is 0 Å². The second kappa shape index (κ2) is 6.37. The van der Waals surface area contributed by atoms with Gasteiger partial charge in [-0.1, -0.05) is 30.3 Å². The van der Waals surface area contributed by atoms with Crippen LogP contribution in [-0.2, 0) is 0 Å². The zero-order chi connectivity index (χ0) is 15.4. The molecule has 1 unspecified atom stereocenters. The van der Waals surface area contributed by atoms with E-state index in [2.05, 4.69) is 5.32 Å². The molecule has 0 aromatic heterocycles. The summed E-state index contributed by atoms with van der Waals surface area (Å²) in [6.45, 7) is 1.54. The number of hydrogen-bond donors (Lipinski definition) is 3. The van der Waals surface area contributed by atoms with Gasteiger partial charge in [0.1, 0.15) is 11.6 Å². The van der Waals surface area contributed by atoms with Gasteiger partial charge in [-0.05, 0) is 24.6 Å². The summed E-state index contributed by atoms with van der Waals surface area (Å²) >= 11 is 0. The van der Waals surface area contributed by atoms with E-state index in [0.717, 1.165) is 0 Å². The fourth-order valence-electron chi connectivity index (χ4n) is 1.98. The number of aromatic hydroxyl groups is 1. The Bertz CT molecular complexity index is 658. The molecule has 21 heavy (non-hydrogen) atoms. The van der Waals surface area contributed by atoms with Gasteiger partial charge in [-0.2, -0.15) is 0 Å². The molecule has 0 spiro atoms. The number of hydrogen-bond acceptors (Lipinski definition) is 3. The number of benzene rings is 2. The van der Waals surface area contributed by atoms with E-state index in [1.807, 2.05) is 0 Å². The normalized spacial score (nSPS) is 12.0. The van der Waals surface area contributed by atoms with Crippen molar-refractivity contribution in [3.63, 3.8) is 0 Å². The van der Waals surface area contributed by atoms with Crippen molar-refractivity contribution >= 4 is 5.91 Å². The summed E-state index contributed by atoms with van der Waals surface area (Å²) in [5.74, 6) is -1.15. The zero-order valence-electron chi connectivity index (χ0n) is 11.5. The highest BCUT2D eigenvalue weighted by Gasteiger charge is 2.16. The molecule has 0 aliphatic rings. The van der Waals surface area contributed by atoms with Crippen LogP contribution in [0.5, 0.6) is 5.75 Å². The minimum Gasteiger partial charge on any atom is -0.507 e. The van der Waals surface area contributed by atoms with Crippen molar-refractivity contribution < 1.29 is 19.4 Å². The Balaban J connectivity index is 2.04. The van der Waals surface area contributed by atoms with Crippen molar-refractivity contribution in [1.29, 1.82) is 0 Å². The Morgan fingerprint density at radius 1 is 1.24 bits per heavy atom. The molecule has 110 valence electrons. The average molecular weight is 289 g/mol. The molecule has 2 aromatic carbocycles. The van der Waals surface area contributed by atoms with Crippen LogP contribution in [0.25, 0.3) is 0 Å². The molecular weight excluding hydrogens is 273 g/mol. The molecule has 0 aliphatic heterocycles. The standard InChI is InChI=1S/C16H16FNO3/c1-10-5-4-7-12(15(10)20)16(21)18-9-14(19)11-6-2-3-8-13(11)17/h2-8,14,19-20H,9H2,1H3,(H,18,21). The molecule has 1 amide bonds. The number of rotatable bonds is 4. The molecule has 3 N–H and O–H groups in total. The zero-order valence-corrected chi connectivity index (χ0v) is 11.5. The number of aliphatic hydroxyl groups is 1. The number of amides is 1. The summed E-state index contributed by atoms with van der Waals surface area (Å²) in [5.41, 5.74) is 0.819. The van der Waals surface area contributed by atoms with E-state index < -0.39 is 17.8 Å². The van der Waals surface area contributed by atoms with Gasteiger partial charge >= 0.3 is 0 Å². The maximum Gasteiger partial charge on any atom is 0.255 e. The third kappa shape index (κ3) is 3.38. The van der Waals surface area contributed by atoms with Crippen molar-refractivity contribution in [2.45, 2.75) is 13.0 Å². The highest BCUT2D eigenvalue weighted by molar-refractivity contribution is 5.97. The molecule has 2 aromatic rings. The molecule has 4 nitrogen and oxygen atoms in total. The first-order chi connectivity index (χ1) is 10.0. The number of para-hydroxylation sites is 1. The van der Waals surface area contributed by atoms with Crippen molar-refractivity contribution in [3.05, 3.63) is 65.0 Å². The van der Waals surface area contributed by atoms with Crippen LogP contribution in [0.2, 0.25) is 0 Å². The summed E-state index contributed by atoms with van der Waals surface area (Å²) in [5, 5.41) is 22.2. The first-order valence-corrected chi connectivity index (χ1v) is 6.50. The van der Waals surface area contributed by atoms with Crippen LogP contribution in [0.15, 0.2) is 42.5 Å². The van der Waals surface area contributed by atoms with E-state index in [9.17, 15) is 19.4 Å². The van der Waals surface area contributed by atoms with Gasteiger partial charge in [0.2, 0.25) is 0 Å². The monoisotopic (exact) mass is 289 g/mol. The third-order valence-electron chi connectivity index (χ3n) is 3.20. The Morgan fingerprint density at radius 2 is 1.95 bits per heavy atom. The lowest BCUT2D eigenvalue weighted by Gasteiger charge is -2.13. The number of aliphatic hydroxyl groups excluding tert-OH is 1. The predicted molar refractivity (Wildman–Crippen MR) is 76.5 cm³/mol. The number of aryl methyl sites for hydroxylation is 1. The van der Waals surface area contributed by atoms with E-state index in [1.54, 1.807) is 25.1 Å². The van der Waals surface area contributed by atoms with Crippen LogP contribution < -0.4 is 5.32 Å². The van der Waals surface area contributed by atoms with Crippen molar-refractivity contribution in [2.24, 2.45) is 0 Å². The maximum atomic E-state index is 13.5. The topological polar surface area (TPSA) is 69.6 Å². The fourth-order valence-corrected chi connectivity index (χ4v) is 1.98. The molecule has 0 radical (unpaired) electrons. The SMILES string of the molecule is Cc1cccc(C(=O)NCC(O)c2ccccc2F)c1O. The number of carbonyl (C=O) groups excluding carboxylic acids is 1. The average Bonchev–Trinajstić information content (AvgIpc) is 2.47. The van der Waals surface area contributed by atoms with Crippen LogP contribution in [0, 0.1) is 12.7 Å². The minimum atomic E-state index is -1.15. The summed E-state index contributed by atoms with van der Waals surface area (Å²) in [7, 11) is 0. The minimum absolute atomic E-state index is 0.101. The van der Waals surface area contributed by atoms with Crippen molar-refractivity contribution in [2.75, 3.05) is 6.54 Å². The highest BCUT2D eigenvalue weighted by atomic mass is 19.1. The Kier molecular flexibility index (Phi) is 4.55. The summed E-state index contributed by atoms with van der Waals surface area (Å²) in [4.78, 5) is 12.0. The van der Waals surface area contributed by atoms with Gasteiger partial charge in [-0.3, -0.25) is 4.79 Å². The Hall–Kier alpha value is -2.40. The predicted octanol–water partition coefficient (Wildman–Crippen LogP) is 2.30. The van der Waals surface area contributed by atoms with Crippen LogP contribution in [0.4, 0.5) is 4.39 Å². The summed E-state index contributed by atoms with van der Waals surface area (Å²) < 4.78 is 13.5. The van der Waals surface area contributed by atoms with Crippen molar-refractivity contribution in [3.8, 4) is 5.75 Å². The van der Waals surface area contributed by atoms with Crippen LogP contribution in [-0.4, -0.2) is 22.7 Å². The molecule has 0 saturated heterocycles. The molecule has 5 heteroatoms. The van der Waals surface area contributed by atoms with Crippen molar-refractivity contribution in [1.82, 2.24) is 5.32 Å². The molecule has 2 rings (SSSR count). The van der Waals surface area contributed by atoms with Gasteiger partial charge in [0.05, 0.1) is 11.7 Å². The first-order valence-electron chi connectivity index (χ1n) is 6.50. The molecule has 1 atom stereocenters. The van der Waals surface area contributed by atoms with E-state index >= 15 is 0 Å². The number of phenolic OH excluding ortho intramolecular Hbond substituents is 1. The number of carbonyl (C=O) groups is 1. The van der Waals surface area contributed by atoms with Gasteiger partial charge in [0, 0.05) is 12.1 Å². The van der Waals surface area contributed by atoms with Gasteiger partial charge < -0.3 is 15.5 Å². The van der Waals surface area contributed by atoms with E-state index in [-0.39, 0.29) is 23.4 Å². The second-order valence-corrected chi connectivity index (χ2v) is 4.72. The lowest BCUT2D eigenvalue weighted by Crippen LogP contribution is -2.28. The number of nitrogens with one attached hydrogen (secondary N) is 1. The molecule has 0 saturated carbocycles. The van der Waals surface area contributed by atoms with Crippen LogP contribution in [0.1, 0.15) is 27.6 Å². The number of phenols is 1. The Morgan fingerprint density at radius 3 is 2.67 bits per heavy atom. The second-order valence-electron chi connectivity index (χ2n) is 4.72. The third-order valence-corrected chi connectivity index (χ3v) is 3.20. The lowest BCUT2D eigenvalue weighted by molar-refractivity contribution is 0.0911.